The second-order valence-corrected chi connectivity index (χ2v) is 6.82. The number of amides is 3. The normalized spacial score (nSPS) is 11.2. The summed E-state index contributed by atoms with van der Waals surface area (Å²) in [6, 6.07) is 14.3. The maximum absolute atomic E-state index is 12.3. The highest BCUT2D eigenvalue weighted by Gasteiger charge is 2.19. The van der Waals surface area contributed by atoms with Crippen molar-refractivity contribution < 1.29 is 23.9 Å². The van der Waals surface area contributed by atoms with E-state index in [-0.39, 0.29) is 18.7 Å². The van der Waals surface area contributed by atoms with Gasteiger partial charge in [-0.25, -0.2) is 0 Å². The van der Waals surface area contributed by atoms with E-state index < -0.39 is 17.9 Å². The molecular weight excluding hydrogens is 398 g/mol. The van der Waals surface area contributed by atoms with Crippen LogP contribution in [0.15, 0.2) is 48.5 Å². The molecule has 0 bridgehead atoms. The third-order valence-corrected chi connectivity index (χ3v) is 4.38. The smallest absolute Gasteiger partial charge is 0.279 e. The lowest BCUT2D eigenvalue weighted by Gasteiger charge is -2.18. The van der Waals surface area contributed by atoms with Gasteiger partial charge < -0.3 is 14.8 Å². The number of hydrogen-bond donors (Lipinski definition) is 3. The quantitative estimate of drug-likeness (QED) is 0.505. The number of hydrazine groups is 1. The minimum atomic E-state index is -0.746. The number of carbonyl (C=O) groups excluding carboxylic acids is 3. The Morgan fingerprint density at radius 1 is 0.903 bits per heavy atom. The molecular formula is C23H29N3O5. The highest BCUT2D eigenvalue weighted by Crippen LogP contribution is 2.19. The van der Waals surface area contributed by atoms with Gasteiger partial charge in [0.15, 0.2) is 6.10 Å². The summed E-state index contributed by atoms with van der Waals surface area (Å²) in [5.74, 6) is 0.0908. The Balaban J connectivity index is 1.73. The van der Waals surface area contributed by atoms with Crippen molar-refractivity contribution in [1.29, 1.82) is 0 Å². The molecule has 0 aromatic heterocycles. The van der Waals surface area contributed by atoms with E-state index >= 15 is 0 Å². The highest BCUT2D eigenvalue weighted by atomic mass is 16.5. The van der Waals surface area contributed by atoms with Crippen LogP contribution in [0.25, 0.3) is 0 Å². The van der Waals surface area contributed by atoms with Gasteiger partial charge in [0.05, 0.1) is 6.61 Å². The predicted octanol–water partition coefficient (Wildman–Crippen LogP) is 3.12. The van der Waals surface area contributed by atoms with E-state index in [2.05, 4.69) is 16.2 Å². The van der Waals surface area contributed by atoms with Crippen molar-refractivity contribution in [3.05, 3.63) is 54.1 Å². The second kappa shape index (κ2) is 12.2. The van der Waals surface area contributed by atoms with E-state index in [1.807, 2.05) is 39.0 Å². The topological polar surface area (TPSA) is 106 Å². The fourth-order valence-electron chi connectivity index (χ4n) is 2.69. The molecule has 0 radical (unpaired) electrons. The largest absolute Gasteiger partial charge is 0.494 e. The molecule has 0 aliphatic carbocycles. The molecule has 0 heterocycles. The third kappa shape index (κ3) is 8.00. The molecule has 2 aromatic carbocycles. The number of para-hydroxylation sites is 1. The van der Waals surface area contributed by atoms with Gasteiger partial charge in [0.1, 0.15) is 11.5 Å². The summed E-state index contributed by atoms with van der Waals surface area (Å²) in [5.41, 5.74) is 6.20. The average molecular weight is 428 g/mol. The van der Waals surface area contributed by atoms with Crippen LogP contribution >= 0.6 is 0 Å². The maximum Gasteiger partial charge on any atom is 0.279 e. The van der Waals surface area contributed by atoms with Crippen molar-refractivity contribution in [3.8, 4) is 11.5 Å². The Morgan fingerprint density at radius 2 is 1.58 bits per heavy atom. The lowest BCUT2D eigenvalue weighted by atomic mass is 10.2. The average Bonchev–Trinajstić information content (AvgIpc) is 2.77. The lowest BCUT2D eigenvalue weighted by Crippen LogP contribution is -2.48. The Morgan fingerprint density at radius 3 is 2.23 bits per heavy atom. The van der Waals surface area contributed by atoms with Crippen LogP contribution < -0.4 is 25.6 Å². The number of hydrogen-bond acceptors (Lipinski definition) is 5. The predicted molar refractivity (Wildman–Crippen MR) is 118 cm³/mol. The van der Waals surface area contributed by atoms with Crippen LogP contribution in [-0.4, -0.2) is 30.4 Å². The molecule has 3 N–H and O–H groups in total. The molecule has 31 heavy (non-hydrogen) atoms. The molecule has 1 atom stereocenters. The van der Waals surface area contributed by atoms with Gasteiger partial charge in [-0.05, 0) is 56.2 Å². The Hall–Kier alpha value is -3.55. The third-order valence-electron chi connectivity index (χ3n) is 4.38. The molecule has 3 amide bonds. The fraction of sp³-hybridized carbons (Fsp3) is 0.348. The molecule has 0 fully saturated rings. The summed E-state index contributed by atoms with van der Waals surface area (Å²) in [6.45, 7) is 6.16. The summed E-state index contributed by atoms with van der Waals surface area (Å²) in [7, 11) is 0. The molecule has 0 aliphatic heterocycles. The maximum atomic E-state index is 12.3. The molecule has 2 rings (SSSR count). The molecule has 0 saturated carbocycles. The number of ether oxygens (including phenoxy) is 2. The Bertz CT molecular complexity index is 883. The first kappa shape index (κ1) is 23.7. The zero-order valence-corrected chi connectivity index (χ0v) is 18.1. The summed E-state index contributed by atoms with van der Waals surface area (Å²) >= 11 is 0. The van der Waals surface area contributed by atoms with Crippen molar-refractivity contribution >= 4 is 23.4 Å². The lowest BCUT2D eigenvalue weighted by molar-refractivity contribution is -0.133. The van der Waals surface area contributed by atoms with Crippen LogP contribution in [0.2, 0.25) is 0 Å². The number of nitrogens with one attached hydrogen (secondary N) is 3. The van der Waals surface area contributed by atoms with Crippen molar-refractivity contribution in [2.75, 3.05) is 11.9 Å². The van der Waals surface area contributed by atoms with Gasteiger partial charge in [0.25, 0.3) is 5.91 Å². The SMILES string of the molecule is CCOc1ccc(NC(=O)CCC(=O)NNC(=O)C(CC)Oc2ccccc2C)cc1. The zero-order chi connectivity index (χ0) is 22.6. The molecule has 166 valence electrons. The van der Waals surface area contributed by atoms with E-state index in [0.717, 1.165) is 5.56 Å². The number of anilines is 1. The summed E-state index contributed by atoms with van der Waals surface area (Å²) < 4.78 is 11.1. The Labute approximate surface area is 182 Å². The van der Waals surface area contributed by atoms with E-state index in [4.69, 9.17) is 9.47 Å². The fourth-order valence-corrected chi connectivity index (χ4v) is 2.69. The summed E-state index contributed by atoms with van der Waals surface area (Å²) in [6.07, 6.45) is -0.408. The van der Waals surface area contributed by atoms with Crippen LogP contribution in [0, 0.1) is 6.92 Å². The van der Waals surface area contributed by atoms with Gasteiger partial charge in [-0.15, -0.1) is 0 Å². The van der Waals surface area contributed by atoms with E-state index in [1.165, 1.54) is 0 Å². The highest BCUT2D eigenvalue weighted by molar-refractivity contribution is 5.93. The number of rotatable bonds is 10. The molecule has 2 aromatic rings. The molecule has 0 spiro atoms. The summed E-state index contributed by atoms with van der Waals surface area (Å²) in [5, 5.41) is 2.71. The number of carbonyl (C=O) groups is 3. The van der Waals surface area contributed by atoms with Crippen LogP contribution in [0.3, 0.4) is 0 Å². The molecule has 8 heteroatoms. The van der Waals surface area contributed by atoms with Gasteiger partial charge in [-0.1, -0.05) is 25.1 Å². The second-order valence-electron chi connectivity index (χ2n) is 6.82. The van der Waals surface area contributed by atoms with Crippen LogP contribution in [0.4, 0.5) is 5.69 Å². The standard InChI is InChI=1S/C23H29N3O5/c1-4-19(31-20-9-7-6-8-16(20)3)23(29)26-25-22(28)15-14-21(27)24-17-10-12-18(13-11-17)30-5-2/h6-13,19H,4-5,14-15H2,1-3H3,(H,24,27)(H,25,28)(H,26,29). The first-order valence-corrected chi connectivity index (χ1v) is 10.3. The monoisotopic (exact) mass is 427 g/mol. The van der Waals surface area contributed by atoms with Gasteiger partial charge >= 0.3 is 0 Å². The number of aryl methyl sites for hydroxylation is 1. The zero-order valence-electron chi connectivity index (χ0n) is 18.1. The molecule has 8 nitrogen and oxygen atoms in total. The van der Waals surface area contributed by atoms with Crippen molar-refractivity contribution in [2.45, 2.75) is 46.1 Å². The summed E-state index contributed by atoms with van der Waals surface area (Å²) in [4.78, 5) is 36.3. The molecule has 0 aliphatic rings. The van der Waals surface area contributed by atoms with E-state index in [0.29, 0.717) is 30.2 Å². The minimum absolute atomic E-state index is 0.0220. The minimum Gasteiger partial charge on any atom is -0.494 e. The van der Waals surface area contributed by atoms with Gasteiger partial charge in [0, 0.05) is 18.5 Å². The van der Waals surface area contributed by atoms with Gasteiger partial charge in [-0.3, -0.25) is 25.2 Å². The van der Waals surface area contributed by atoms with Gasteiger partial charge in [0.2, 0.25) is 11.8 Å². The van der Waals surface area contributed by atoms with Crippen LogP contribution in [-0.2, 0) is 14.4 Å². The molecule has 0 saturated heterocycles. The van der Waals surface area contributed by atoms with E-state index in [1.54, 1.807) is 30.3 Å². The van der Waals surface area contributed by atoms with Gasteiger partial charge in [-0.2, -0.15) is 0 Å². The van der Waals surface area contributed by atoms with Crippen molar-refractivity contribution in [1.82, 2.24) is 10.9 Å². The van der Waals surface area contributed by atoms with Crippen molar-refractivity contribution in [2.24, 2.45) is 0 Å². The first-order chi connectivity index (χ1) is 14.9. The first-order valence-electron chi connectivity index (χ1n) is 10.3. The van der Waals surface area contributed by atoms with Crippen molar-refractivity contribution in [3.63, 3.8) is 0 Å². The number of benzene rings is 2. The Kier molecular flexibility index (Phi) is 9.35. The van der Waals surface area contributed by atoms with Crippen LogP contribution in [0.5, 0.6) is 11.5 Å². The van der Waals surface area contributed by atoms with E-state index in [9.17, 15) is 14.4 Å². The molecule has 1 unspecified atom stereocenters. The van der Waals surface area contributed by atoms with Crippen LogP contribution in [0.1, 0.15) is 38.7 Å².